The molecular formula is C10H15NO2. The molecule has 3 nitrogen and oxygen atoms in total. The van der Waals surface area contributed by atoms with Crippen molar-refractivity contribution in [2.45, 2.75) is 31.4 Å². The number of furan rings is 1. The van der Waals surface area contributed by atoms with Crippen LogP contribution in [0, 0.1) is 5.92 Å². The summed E-state index contributed by atoms with van der Waals surface area (Å²) in [5, 5.41) is 9.69. The SMILES string of the molecule is NC(Cc1ccco1)C(O)C1CC1. The van der Waals surface area contributed by atoms with E-state index in [2.05, 4.69) is 0 Å². The lowest BCUT2D eigenvalue weighted by Crippen LogP contribution is -2.37. The minimum atomic E-state index is -0.356. The van der Waals surface area contributed by atoms with Gasteiger partial charge in [-0.05, 0) is 30.9 Å². The summed E-state index contributed by atoms with van der Waals surface area (Å²) < 4.78 is 5.16. The summed E-state index contributed by atoms with van der Waals surface area (Å²) in [5.41, 5.74) is 5.84. The summed E-state index contributed by atoms with van der Waals surface area (Å²) in [6.07, 6.45) is 4.14. The zero-order valence-corrected chi connectivity index (χ0v) is 7.52. The van der Waals surface area contributed by atoms with Crippen LogP contribution in [0.3, 0.4) is 0 Å². The monoisotopic (exact) mass is 181 g/mol. The minimum Gasteiger partial charge on any atom is -0.469 e. The van der Waals surface area contributed by atoms with Crippen LogP contribution in [0.15, 0.2) is 22.8 Å². The van der Waals surface area contributed by atoms with Crippen LogP contribution in [-0.4, -0.2) is 17.3 Å². The van der Waals surface area contributed by atoms with Crippen LogP contribution in [0.2, 0.25) is 0 Å². The number of nitrogens with two attached hydrogens (primary N) is 1. The molecule has 2 unspecified atom stereocenters. The van der Waals surface area contributed by atoms with E-state index in [1.54, 1.807) is 6.26 Å². The molecule has 1 aliphatic rings. The molecule has 0 saturated heterocycles. The third-order valence-electron chi connectivity index (χ3n) is 2.56. The molecule has 0 bridgehead atoms. The van der Waals surface area contributed by atoms with Crippen LogP contribution in [0.1, 0.15) is 18.6 Å². The summed E-state index contributed by atoms with van der Waals surface area (Å²) >= 11 is 0. The summed E-state index contributed by atoms with van der Waals surface area (Å²) in [7, 11) is 0. The van der Waals surface area contributed by atoms with Gasteiger partial charge >= 0.3 is 0 Å². The second kappa shape index (κ2) is 3.52. The third kappa shape index (κ3) is 2.11. The molecule has 1 aromatic heterocycles. The second-order valence-corrected chi connectivity index (χ2v) is 3.78. The predicted octanol–water partition coefficient (Wildman–Crippen LogP) is 0.920. The summed E-state index contributed by atoms with van der Waals surface area (Å²) in [4.78, 5) is 0. The molecule has 0 spiro atoms. The molecule has 13 heavy (non-hydrogen) atoms. The van der Waals surface area contributed by atoms with Gasteiger partial charge in [-0.15, -0.1) is 0 Å². The highest BCUT2D eigenvalue weighted by molar-refractivity contribution is 5.02. The van der Waals surface area contributed by atoms with E-state index in [0.717, 1.165) is 18.6 Å². The lowest BCUT2D eigenvalue weighted by Gasteiger charge is -2.16. The smallest absolute Gasteiger partial charge is 0.105 e. The van der Waals surface area contributed by atoms with Crippen molar-refractivity contribution < 1.29 is 9.52 Å². The Balaban J connectivity index is 1.86. The lowest BCUT2D eigenvalue weighted by atomic mass is 10.0. The number of hydrogen-bond donors (Lipinski definition) is 2. The Labute approximate surface area is 77.5 Å². The van der Waals surface area contributed by atoms with Gasteiger partial charge in [0.05, 0.1) is 12.4 Å². The Bertz CT molecular complexity index is 254. The van der Waals surface area contributed by atoms with Crippen LogP contribution < -0.4 is 5.73 Å². The van der Waals surface area contributed by atoms with E-state index in [1.807, 2.05) is 12.1 Å². The first-order valence-corrected chi connectivity index (χ1v) is 4.73. The van der Waals surface area contributed by atoms with Crippen molar-refractivity contribution in [2.75, 3.05) is 0 Å². The molecule has 1 fully saturated rings. The fourth-order valence-electron chi connectivity index (χ4n) is 1.57. The normalized spacial score (nSPS) is 21.4. The summed E-state index contributed by atoms with van der Waals surface area (Å²) in [6.45, 7) is 0. The van der Waals surface area contributed by atoms with Crippen LogP contribution in [0.5, 0.6) is 0 Å². The van der Waals surface area contributed by atoms with Crippen LogP contribution >= 0.6 is 0 Å². The highest BCUT2D eigenvalue weighted by Gasteiger charge is 2.33. The topological polar surface area (TPSA) is 59.4 Å². The van der Waals surface area contributed by atoms with E-state index in [0.29, 0.717) is 12.3 Å². The maximum absolute atomic E-state index is 9.69. The molecule has 1 aromatic rings. The average molecular weight is 181 g/mol. The van der Waals surface area contributed by atoms with Gasteiger partial charge in [-0.1, -0.05) is 0 Å². The fraction of sp³-hybridized carbons (Fsp3) is 0.600. The molecule has 0 radical (unpaired) electrons. The van der Waals surface area contributed by atoms with Crippen molar-refractivity contribution in [3.05, 3.63) is 24.2 Å². The first kappa shape index (κ1) is 8.78. The van der Waals surface area contributed by atoms with E-state index in [-0.39, 0.29) is 12.1 Å². The Kier molecular flexibility index (Phi) is 2.38. The molecule has 0 amide bonds. The van der Waals surface area contributed by atoms with Crippen LogP contribution in [-0.2, 0) is 6.42 Å². The maximum Gasteiger partial charge on any atom is 0.105 e. The van der Waals surface area contributed by atoms with E-state index in [1.165, 1.54) is 0 Å². The van der Waals surface area contributed by atoms with Gasteiger partial charge in [0.2, 0.25) is 0 Å². The van der Waals surface area contributed by atoms with Crippen molar-refractivity contribution in [2.24, 2.45) is 11.7 Å². The van der Waals surface area contributed by atoms with Crippen molar-refractivity contribution >= 4 is 0 Å². The molecular weight excluding hydrogens is 166 g/mol. The minimum absolute atomic E-state index is 0.182. The molecule has 2 atom stereocenters. The highest BCUT2D eigenvalue weighted by atomic mass is 16.3. The van der Waals surface area contributed by atoms with Crippen LogP contribution in [0.4, 0.5) is 0 Å². The zero-order chi connectivity index (χ0) is 9.26. The van der Waals surface area contributed by atoms with Crippen LogP contribution in [0.25, 0.3) is 0 Å². The third-order valence-corrected chi connectivity index (χ3v) is 2.56. The number of rotatable bonds is 4. The Morgan fingerprint density at radius 1 is 1.62 bits per heavy atom. The van der Waals surface area contributed by atoms with E-state index in [9.17, 15) is 5.11 Å². The molecule has 72 valence electrons. The Morgan fingerprint density at radius 3 is 2.92 bits per heavy atom. The molecule has 1 heterocycles. The van der Waals surface area contributed by atoms with Gasteiger partial charge in [0, 0.05) is 12.5 Å². The average Bonchev–Trinajstić information content (AvgIpc) is 2.85. The van der Waals surface area contributed by atoms with Gasteiger partial charge in [-0.2, -0.15) is 0 Å². The van der Waals surface area contributed by atoms with Gasteiger partial charge in [0.1, 0.15) is 5.76 Å². The maximum atomic E-state index is 9.69. The van der Waals surface area contributed by atoms with Crippen molar-refractivity contribution in [3.8, 4) is 0 Å². The van der Waals surface area contributed by atoms with Crippen molar-refractivity contribution in [1.82, 2.24) is 0 Å². The molecule has 1 aliphatic carbocycles. The van der Waals surface area contributed by atoms with Crippen molar-refractivity contribution in [3.63, 3.8) is 0 Å². The second-order valence-electron chi connectivity index (χ2n) is 3.78. The molecule has 2 rings (SSSR count). The van der Waals surface area contributed by atoms with Gasteiger partial charge in [0.15, 0.2) is 0 Å². The summed E-state index contributed by atoms with van der Waals surface area (Å²) in [5.74, 6) is 1.29. The molecule has 0 aliphatic heterocycles. The summed E-state index contributed by atoms with van der Waals surface area (Å²) in [6, 6.07) is 3.55. The predicted molar refractivity (Wildman–Crippen MR) is 49.1 cm³/mol. The number of aliphatic hydroxyl groups excluding tert-OH is 1. The zero-order valence-electron chi connectivity index (χ0n) is 7.52. The van der Waals surface area contributed by atoms with E-state index >= 15 is 0 Å². The number of aliphatic hydroxyl groups is 1. The first-order chi connectivity index (χ1) is 6.27. The Morgan fingerprint density at radius 2 is 2.38 bits per heavy atom. The van der Waals surface area contributed by atoms with Gasteiger partial charge < -0.3 is 15.3 Å². The molecule has 0 aromatic carbocycles. The van der Waals surface area contributed by atoms with Gasteiger partial charge in [-0.3, -0.25) is 0 Å². The first-order valence-electron chi connectivity index (χ1n) is 4.73. The van der Waals surface area contributed by atoms with Gasteiger partial charge in [-0.25, -0.2) is 0 Å². The Hall–Kier alpha value is -0.800. The lowest BCUT2D eigenvalue weighted by molar-refractivity contribution is 0.119. The fourth-order valence-corrected chi connectivity index (χ4v) is 1.57. The molecule has 3 heteroatoms. The molecule has 1 saturated carbocycles. The van der Waals surface area contributed by atoms with Gasteiger partial charge in [0.25, 0.3) is 0 Å². The van der Waals surface area contributed by atoms with E-state index in [4.69, 9.17) is 10.2 Å². The highest BCUT2D eigenvalue weighted by Crippen LogP contribution is 2.34. The van der Waals surface area contributed by atoms with Crippen molar-refractivity contribution in [1.29, 1.82) is 0 Å². The largest absolute Gasteiger partial charge is 0.469 e. The number of hydrogen-bond acceptors (Lipinski definition) is 3. The standard InChI is InChI=1S/C10H15NO2/c11-9(10(12)7-3-4-7)6-8-2-1-5-13-8/h1-2,5,7,9-10,12H,3-4,6,11H2. The van der Waals surface area contributed by atoms with E-state index < -0.39 is 0 Å². The molecule has 3 N–H and O–H groups in total. The quantitative estimate of drug-likeness (QED) is 0.726.